The van der Waals surface area contributed by atoms with Gasteiger partial charge in [-0.2, -0.15) is 0 Å². The first-order valence-corrected chi connectivity index (χ1v) is 7.57. The highest BCUT2D eigenvalue weighted by Gasteiger charge is 2.27. The Bertz CT molecular complexity index is 501. The average molecular weight is 274 g/mol. The van der Waals surface area contributed by atoms with Crippen molar-refractivity contribution in [3.05, 3.63) is 23.8 Å². The molecule has 1 aromatic rings. The third-order valence-electron chi connectivity index (χ3n) is 4.09. The van der Waals surface area contributed by atoms with Crippen LogP contribution < -0.4 is 15.0 Å². The third kappa shape index (κ3) is 2.60. The van der Waals surface area contributed by atoms with Crippen LogP contribution in [0.2, 0.25) is 0 Å². The second kappa shape index (κ2) is 5.73. The van der Waals surface area contributed by atoms with Crippen LogP contribution in [0.5, 0.6) is 5.75 Å². The first-order valence-electron chi connectivity index (χ1n) is 7.57. The summed E-state index contributed by atoms with van der Waals surface area (Å²) in [6, 6.07) is 6.56. The number of ether oxygens (including phenoxy) is 1. The summed E-state index contributed by atoms with van der Waals surface area (Å²) in [7, 11) is 0. The molecule has 2 aliphatic rings. The van der Waals surface area contributed by atoms with Gasteiger partial charge in [-0.3, -0.25) is 4.79 Å². The fourth-order valence-corrected chi connectivity index (χ4v) is 3.12. The quantitative estimate of drug-likeness (QED) is 0.914. The summed E-state index contributed by atoms with van der Waals surface area (Å²) >= 11 is 0. The molecule has 0 aromatic heterocycles. The molecule has 1 aromatic carbocycles. The van der Waals surface area contributed by atoms with E-state index in [9.17, 15) is 4.79 Å². The van der Waals surface area contributed by atoms with E-state index >= 15 is 0 Å². The molecular weight excluding hydrogens is 252 g/mol. The number of amides is 1. The van der Waals surface area contributed by atoms with Gasteiger partial charge in [-0.05, 0) is 25.0 Å². The van der Waals surface area contributed by atoms with Crippen molar-refractivity contribution in [2.24, 2.45) is 0 Å². The molecule has 2 heterocycles. The molecular formula is C16H22N2O2. The van der Waals surface area contributed by atoms with Crippen molar-refractivity contribution in [1.29, 1.82) is 0 Å². The molecule has 1 saturated heterocycles. The molecule has 1 fully saturated rings. The zero-order valence-corrected chi connectivity index (χ0v) is 12.0. The van der Waals surface area contributed by atoms with E-state index in [1.165, 1.54) is 11.3 Å². The molecule has 1 N–H and O–H groups in total. The predicted molar refractivity (Wildman–Crippen MR) is 79.3 cm³/mol. The number of hydrogen-bond acceptors (Lipinski definition) is 3. The van der Waals surface area contributed by atoms with Gasteiger partial charge in [0.05, 0.1) is 6.61 Å². The fourth-order valence-electron chi connectivity index (χ4n) is 3.12. The maximum atomic E-state index is 11.7. The van der Waals surface area contributed by atoms with Gasteiger partial charge < -0.3 is 15.0 Å². The molecule has 4 nitrogen and oxygen atoms in total. The van der Waals surface area contributed by atoms with Crippen molar-refractivity contribution in [1.82, 2.24) is 5.32 Å². The highest BCUT2D eigenvalue weighted by atomic mass is 16.5. The topological polar surface area (TPSA) is 41.6 Å². The number of anilines is 1. The summed E-state index contributed by atoms with van der Waals surface area (Å²) in [6.07, 6.45) is 3.56. The molecule has 1 amide bonds. The molecule has 0 saturated carbocycles. The van der Waals surface area contributed by atoms with Crippen molar-refractivity contribution in [2.45, 2.75) is 38.6 Å². The van der Waals surface area contributed by atoms with E-state index < -0.39 is 0 Å². The van der Waals surface area contributed by atoms with Crippen LogP contribution in [0.25, 0.3) is 0 Å². The van der Waals surface area contributed by atoms with Crippen LogP contribution in [-0.2, 0) is 11.2 Å². The number of fused-ring (bicyclic) bond motifs is 1. The first-order chi connectivity index (χ1) is 9.78. The molecule has 1 atom stereocenters. The van der Waals surface area contributed by atoms with Crippen LogP contribution in [0.15, 0.2) is 18.2 Å². The Morgan fingerprint density at radius 3 is 3.25 bits per heavy atom. The largest absolute Gasteiger partial charge is 0.493 e. The number of nitrogens with zero attached hydrogens (tertiary/aromatic N) is 1. The normalized spacial score (nSPS) is 20.6. The Morgan fingerprint density at radius 2 is 2.40 bits per heavy atom. The van der Waals surface area contributed by atoms with Gasteiger partial charge in [0, 0.05) is 43.2 Å². The van der Waals surface area contributed by atoms with Crippen LogP contribution in [0.3, 0.4) is 0 Å². The summed E-state index contributed by atoms with van der Waals surface area (Å²) in [5.74, 6) is 1.21. The molecule has 108 valence electrons. The second-order valence-corrected chi connectivity index (χ2v) is 5.60. The Kier molecular flexibility index (Phi) is 3.81. The van der Waals surface area contributed by atoms with Crippen LogP contribution in [0.1, 0.15) is 31.7 Å². The third-order valence-corrected chi connectivity index (χ3v) is 4.09. The minimum absolute atomic E-state index is 0.181. The number of hydrogen-bond donors (Lipinski definition) is 1. The van der Waals surface area contributed by atoms with Gasteiger partial charge in [0.15, 0.2) is 0 Å². The van der Waals surface area contributed by atoms with E-state index in [2.05, 4.69) is 22.3 Å². The highest BCUT2D eigenvalue weighted by Crippen LogP contribution is 2.35. The lowest BCUT2D eigenvalue weighted by molar-refractivity contribution is -0.121. The SMILES string of the molecule is CCCC(=O)N[C@@H]1CCN(c2cccc3c2CCO3)C1. The molecule has 0 unspecified atom stereocenters. The van der Waals surface area contributed by atoms with Gasteiger partial charge in [0.25, 0.3) is 0 Å². The summed E-state index contributed by atoms with van der Waals surface area (Å²) in [6.45, 7) is 4.74. The summed E-state index contributed by atoms with van der Waals surface area (Å²) in [5.41, 5.74) is 2.61. The number of rotatable bonds is 4. The Morgan fingerprint density at radius 1 is 1.50 bits per heavy atom. The molecule has 4 heteroatoms. The lowest BCUT2D eigenvalue weighted by atomic mass is 10.1. The maximum Gasteiger partial charge on any atom is 0.220 e. The number of nitrogens with one attached hydrogen (secondary N) is 1. The van der Waals surface area contributed by atoms with E-state index in [4.69, 9.17) is 4.74 Å². The first kappa shape index (κ1) is 13.3. The van der Waals surface area contributed by atoms with Crippen LogP contribution >= 0.6 is 0 Å². The van der Waals surface area contributed by atoms with Gasteiger partial charge >= 0.3 is 0 Å². The number of benzene rings is 1. The number of carbonyl (C=O) groups is 1. The Balaban J connectivity index is 1.66. The van der Waals surface area contributed by atoms with Gasteiger partial charge in [0.1, 0.15) is 5.75 Å². The van der Waals surface area contributed by atoms with Gasteiger partial charge in [-0.15, -0.1) is 0 Å². The van der Waals surface area contributed by atoms with Crippen LogP contribution in [-0.4, -0.2) is 31.6 Å². The smallest absolute Gasteiger partial charge is 0.220 e. The Hall–Kier alpha value is -1.71. The van der Waals surface area contributed by atoms with E-state index in [0.717, 1.165) is 44.7 Å². The van der Waals surface area contributed by atoms with Crippen molar-refractivity contribution in [2.75, 3.05) is 24.6 Å². The zero-order chi connectivity index (χ0) is 13.9. The van der Waals surface area contributed by atoms with Crippen LogP contribution in [0.4, 0.5) is 5.69 Å². The molecule has 0 radical (unpaired) electrons. The predicted octanol–water partition coefficient (Wildman–Crippen LogP) is 2.12. The van der Waals surface area contributed by atoms with E-state index in [-0.39, 0.29) is 11.9 Å². The van der Waals surface area contributed by atoms with Gasteiger partial charge in [-0.25, -0.2) is 0 Å². The molecule has 0 spiro atoms. The van der Waals surface area contributed by atoms with Crippen molar-refractivity contribution in [3.8, 4) is 5.75 Å². The van der Waals surface area contributed by atoms with E-state index in [0.29, 0.717) is 6.42 Å². The maximum absolute atomic E-state index is 11.7. The minimum atomic E-state index is 0.181. The molecule has 2 aliphatic heterocycles. The minimum Gasteiger partial charge on any atom is -0.493 e. The highest BCUT2D eigenvalue weighted by molar-refractivity contribution is 5.76. The monoisotopic (exact) mass is 274 g/mol. The van der Waals surface area contributed by atoms with Gasteiger partial charge in [0.2, 0.25) is 5.91 Å². The van der Waals surface area contributed by atoms with Crippen molar-refractivity contribution in [3.63, 3.8) is 0 Å². The van der Waals surface area contributed by atoms with E-state index in [1.807, 2.05) is 13.0 Å². The van der Waals surface area contributed by atoms with Crippen LogP contribution in [0, 0.1) is 0 Å². The second-order valence-electron chi connectivity index (χ2n) is 5.60. The molecule has 0 aliphatic carbocycles. The summed E-state index contributed by atoms with van der Waals surface area (Å²) < 4.78 is 5.63. The van der Waals surface area contributed by atoms with Gasteiger partial charge in [-0.1, -0.05) is 13.0 Å². The molecule has 3 rings (SSSR count). The molecule has 0 bridgehead atoms. The molecule has 20 heavy (non-hydrogen) atoms. The Labute approximate surface area is 120 Å². The van der Waals surface area contributed by atoms with E-state index in [1.54, 1.807) is 0 Å². The summed E-state index contributed by atoms with van der Waals surface area (Å²) in [5, 5.41) is 3.14. The zero-order valence-electron chi connectivity index (χ0n) is 12.0. The fraction of sp³-hybridized carbons (Fsp3) is 0.562. The summed E-state index contributed by atoms with van der Waals surface area (Å²) in [4.78, 5) is 14.1. The van der Waals surface area contributed by atoms with Crippen molar-refractivity contribution < 1.29 is 9.53 Å². The number of carbonyl (C=O) groups excluding carboxylic acids is 1. The van der Waals surface area contributed by atoms with Crippen molar-refractivity contribution >= 4 is 11.6 Å². The average Bonchev–Trinajstić information content (AvgIpc) is 3.06. The lowest BCUT2D eigenvalue weighted by Gasteiger charge is -2.21. The lowest BCUT2D eigenvalue weighted by Crippen LogP contribution is -2.37. The standard InChI is InChI=1S/C16H22N2O2/c1-2-4-16(19)17-12-7-9-18(11-12)14-5-3-6-15-13(14)8-10-20-15/h3,5-6,12H,2,4,7-11H2,1H3,(H,17,19)/t12-/m1/s1.